The van der Waals surface area contributed by atoms with Gasteiger partial charge in [-0.2, -0.15) is 0 Å². The van der Waals surface area contributed by atoms with E-state index >= 15 is 0 Å². The van der Waals surface area contributed by atoms with E-state index in [1.807, 2.05) is 19.1 Å². The van der Waals surface area contributed by atoms with Gasteiger partial charge in [0.15, 0.2) is 5.78 Å². The molecule has 0 fully saturated rings. The first-order chi connectivity index (χ1) is 6.70. The van der Waals surface area contributed by atoms with Crippen LogP contribution in [0.2, 0.25) is 5.02 Å². The molecule has 0 aliphatic carbocycles. The molecular formula is C12H13ClO. The number of rotatable bonds is 4. The third-order valence-corrected chi connectivity index (χ3v) is 2.51. The van der Waals surface area contributed by atoms with E-state index in [0.717, 1.165) is 5.56 Å². The summed E-state index contributed by atoms with van der Waals surface area (Å²) in [4.78, 5) is 11.5. The molecule has 0 radical (unpaired) electrons. The molecule has 0 spiro atoms. The minimum atomic E-state index is 0.0842. The first kappa shape index (κ1) is 11.0. The van der Waals surface area contributed by atoms with Crippen molar-refractivity contribution in [2.45, 2.75) is 19.8 Å². The lowest BCUT2D eigenvalue weighted by Crippen LogP contribution is -1.99. The summed E-state index contributed by atoms with van der Waals surface area (Å²) in [6, 6.07) is 5.53. The average Bonchev–Trinajstić information content (AvgIpc) is 2.20. The van der Waals surface area contributed by atoms with E-state index in [1.54, 1.807) is 12.1 Å². The van der Waals surface area contributed by atoms with Gasteiger partial charge in [-0.05, 0) is 18.1 Å². The summed E-state index contributed by atoms with van der Waals surface area (Å²) < 4.78 is 0. The van der Waals surface area contributed by atoms with E-state index in [1.165, 1.54) is 0 Å². The Bertz CT molecular complexity index is 355. The standard InChI is InChI=1S/C12H13ClO/c1-3-6-9-7-5-8-10(12(9)13)11(14)4-2/h3,5,7-8H,1,4,6H2,2H3. The quantitative estimate of drug-likeness (QED) is 0.545. The lowest BCUT2D eigenvalue weighted by molar-refractivity contribution is 0.0988. The minimum absolute atomic E-state index is 0.0842. The Morgan fingerprint density at radius 2 is 2.29 bits per heavy atom. The Morgan fingerprint density at radius 3 is 2.86 bits per heavy atom. The van der Waals surface area contributed by atoms with Gasteiger partial charge in [-0.1, -0.05) is 36.7 Å². The number of carbonyl (C=O) groups is 1. The Labute approximate surface area is 89.4 Å². The van der Waals surface area contributed by atoms with Gasteiger partial charge in [-0.25, -0.2) is 0 Å². The fourth-order valence-corrected chi connectivity index (χ4v) is 1.61. The minimum Gasteiger partial charge on any atom is -0.294 e. The Morgan fingerprint density at radius 1 is 1.57 bits per heavy atom. The van der Waals surface area contributed by atoms with Crippen molar-refractivity contribution in [3.63, 3.8) is 0 Å². The SMILES string of the molecule is C=CCc1cccc(C(=O)CC)c1Cl. The maximum atomic E-state index is 11.5. The first-order valence-corrected chi connectivity index (χ1v) is 5.00. The summed E-state index contributed by atoms with van der Waals surface area (Å²) in [6.07, 6.45) is 2.96. The van der Waals surface area contributed by atoms with Gasteiger partial charge in [-0.3, -0.25) is 4.79 Å². The van der Waals surface area contributed by atoms with Crippen LogP contribution >= 0.6 is 11.6 Å². The molecule has 0 N–H and O–H groups in total. The van der Waals surface area contributed by atoms with Crippen molar-refractivity contribution in [3.05, 3.63) is 47.0 Å². The molecule has 0 amide bonds. The largest absolute Gasteiger partial charge is 0.294 e. The van der Waals surface area contributed by atoms with E-state index < -0.39 is 0 Å². The van der Waals surface area contributed by atoms with Crippen molar-refractivity contribution < 1.29 is 4.79 Å². The van der Waals surface area contributed by atoms with Crippen molar-refractivity contribution in [1.29, 1.82) is 0 Å². The normalized spacial score (nSPS) is 9.86. The number of ketones is 1. The highest BCUT2D eigenvalue weighted by molar-refractivity contribution is 6.34. The van der Waals surface area contributed by atoms with E-state index in [2.05, 4.69) is 6.58 Å². The molecule has 0 aliphatic heterocycles. The molecule has 1 aromatic rings. The molecule has 1 nitrogen and oxygen atoms in total. The van der Waals surface area contributed by atoms with E-state index in [-0.39, 0.29) is 5.78 Å². The van der Waals surface area contributed by atoms with Crippen molar-refractivity contribution in [1.82, 2.24) is 0 Å². The van der Waals surface area contributed by atoms with E-state index in [4.69, 9.17) is 11.6 Å². The third kappa shape index (κ3) is 2.24. The predicted octanol–water partition coefficient (Wildman–Crippen LogP) is 3.66. The molecule has 1 aromatic carbocycles. The maximum absolute atomic E-state index is 11.5. The summed E-state index contributed by atoms with van der Waals surface area (Å²) in [7, 11) is 0. The van der Waals surface area contributed by atoms with Crippen molar-refractivity contribution in [2.75, 3.05) is 0 Å². The molecule has 0 unspecified atom stereocenters. The van der Waals surface area contributed by atoms with E-state index in [9.17, 15) is 4.79 Å². The monoisotopic (exact) mass is 208 g/mol. The highest BCUT2D eigenvalue weighted by atomic mass is 35.5. The molecule has 74 valence electrons. The third-order valence-electron chi connectivity index (χ3n) is 2.06. The number of halogens is 1. The highest BCUT2D eigenvalue weighted by Crippen LogP contribution is 2.22. The van der Waals surface area contributed by atoms with Gasteiger partial charge < -0.3 is 0 Å². The van der Waals surface area contributed by atoms with Crippen LogP contribution in [0.25, 0.3) is 0 Å². The molecular weight excluding hydrogens is 196 g/mol. The molecule has 0 saturated carbocycles. The van der Waals surface area contributed by atoms with Gasteiger partial charge in [-0.15, -0.1) is 6.58 Å². The lowest BCUT2D eigenvalue weighted by Gasteiger charge is -2.05. The second-order valence-electron chi connectivity index (χ2n) is 3.05. The topological polar surface area (TPSA) is 17.1 Å². The molecule has 2 heteroatoms. The Hall–Kier alpha value is -1.08. The van der Waals surface area contributed by atoms with Gasteiger partial charge in [0.25, 0.3) is 0 Å². The first-order valence-electron chi connectivity index (χ1n) is 4.62. The predicted molar refractivity (Wildman–Crippen MR) is 60.0 cm³/mol. The summed E-state index contributed by atoms with van der Waals surface area (Å²) in [6.45, 7) is 5.48. The highest BCUT2D eigenvalue weighted by Gasteiger charge is 2.10. The van der Waals surface area contributed by atoms with Gasteiger partial charge in [0.2, 0.25) is 0 Å². The molecule has 0 aromatic heterocycles. The van der Waals surface area contributed by atoms with E-state index in [0.29, 0.717) is 23.4 Å². The molecule has 0 aliphatic rings. The number of benzene rings is 1. The number of carbonyl (C=O) groups excluding carboxylic acids is 1. The van der Waals surface area contributed by atoms with Crippen LogP contribution in [0.1, 0.15) is 29.3 Å². The van der Waals surface area contributed by atoms with Gasteiger partial charge >= 0.3 is 0 Å². The zero-order valence-electron chi connectivity index (χ0n) is 8.22. The van der Waals surface area contributed by atoms with Crippen LogP contribution < -0.4 is 0 Å². The fourth-order valence-electron chi connectivity index (χ4n) is 1.30. The number of hydrogen-bond donors (Lipinski definition) is 0. The van der Waals surface area contributed by atoms with Crippen LogP contribution in [0.4, 0.5) is 0 Å². The van der Waals surface area contributed by atoms with Crippen molar-refractivity contribution in [2.24, 2.45) is 0 Å². The number of Topliss-reactive ketones (excluding diaryl/α,β-unsaturated/α-hetero) is 1. The molecule has 1 rings (SSSR count). The molecule has 14 heavy (non-hydrogen) atoms. The van der Waals surface area contributed by atoms with Crippen LogP contribution in [0, 0.1) is 0 Å². The second-order valence-corrected chi connectivity index (χ2v) is 3.43. The van der Waals surface area contributed by atoms with Crippen molar-refractivity contribution in [3.8, 4) is 0 Å². The van der Waals surface area contributed by atoms with Gasteiger partial charge in [0, 0.05) is 12.0 Å². The van der Waals surface area contributed by atoms with Crippen LogP contribution in [0.15, 0.2) is 30.9 Å². The van der Waals surface area contributed by atoms with Crippen molar-refractivity contribution >= 4 is 17.4 Å². The van der Waals surface area contributed by atoms with Gasteiger partial charge in [0.05, 0.1) is 5.02 Å². The summed E-state index contributed by atoms with van der Waals surface area (Å²) in [5.74, 6) is 0.0842. The summed E-state index contributed by atoms with van der Waals surface area (Å²) >= 11 is 6.09. The second kappa shape index (κ2) is 4.97. The Balaban J connectivity index is 3.13. The molecule has 0 atom stereocenters. The van der Waals surface area contributed by atoms with Crippen LogP contribution in [-0.4, -0.2) is 5.78 Å². The van der Waals surface area contributed by atoms with Crippen LogP contribution in [-0.2, 0) is 6.42 Å². The maximum Gasteiger partial charge on any atom is 0.164 e. The average molecular weight is 209 g/mol. The lowest BCUT2D eigenvalue weighted by atomic mass is 10.0. The number of hydrogen-bond acceptors (Lipinski definition) is 1. The molecule has 0 heterocycles. The zero-order valence-corrected chi connectivity index (χ0v) is 8.97. The summed E-state index contributed by atoms with van der Waals surface area (Å²) in [5.41, 5.74) is 1.58. The smallest absolute Gasteiger partial charge is 0.164 e. The van der Waals surface area contributed by atoms with Crippen LogP contribution in [0.3, 0.4) is 0 Å². The number of allylic oxidation sites excluding steroid dienone is 1. The zero-order chi connectivity index (χ0) is 10.6. The molecule has 0 saturated heterocycles. The Kier molecular flexibility index (Phi) is 3.90. The summed E-state index contributed by atoms with van der Waals surface area (Å²) in [5, 5.41) is 0.569. The van der Waals surface area contributed by atoms with Crippen LogP contribution in [0.5, 0.6) is 0 Å². The molecule has 0 bridgehead atoms. The van der Waals surface area contributed by atoms with Gasteiger partial charge in [0.1, 0.15) is 0 Å². The fraction of sp³-hybridized carbons (Fsp3) is 0.250.